The number of carbonyl (C=O) groups is 2. The van der Waals surface area contributed by atoms with Crippen molar-refractivity contribution in [3.63, 3.8) is 0 Å². The van der Waals surface area contributed by atoms with Crippen molar-refractivity contribution in [2.75, 3.05) is 5.32 Å². The van der Waals surface area contributed by atoms with Gasteiger partial charge in [0.15, 0.2) is 0 Å². The molecular formula is C15H15N3O3. The summed E-state index contributed by atoms with van der Waals surface area (Å²) in [4.78, 5) is 36.3. The van der Waals surface area contributed by atoms with Crippen LogP contribution >= 0.6 is 0 Å². The van der Waals surface area contributed by atoms with Crippen molar-refractivity contribution >= 4 is 17.5 Å². The van der Waals surface area contributed by atoms with Gasteiger partial charge in [0.25, 0.3) is 5.91 Å². The lowest BCUT2D eigenvalue weighted by Gasteiger charge is -2.07. The summed E-state index contributed by atoms with van der Waals surface area (Å²) in [7, 11) is 0. The third-order valence-electron chi connectivity index (χ3n) is 2.75. The molecule has 1 heterocycles. The van der Waals surface area contributed by atoms with Crippen molar-refractivity contribution in [2.45, 2.75) is 13.5 Å². The van der Waals surface area contributed by atoms with Gasteiger partial charge < -0.3 is 15.6 Å². The number of nitrogens with one attached hydrogen (secondary N) is 3. The van der Waals surface area contributed by atoms with E-state index in [0.717, 1.165) is 5.56 Å². The average Bonchev–Trinajstić information content (AvgIpc) is 2.45. The van der Waals surface area contributed by atoms with Gasteiger partial charge in [0.05, 0.1) is 5.56 Å². The molecule has 2 aromatic rings. The Balaban J connectivity index is 1.99. The van der Waals surface area contributed by atoms with Gasteiger partial charge in [-0.3, -0.25) is 14.4 Å². The first-order valence-electron chi connectivity index (χ1n) is 6.38. The molecule has 0 aliphatic heterocycles. The first kappa shape index (κ1) is 14.5. The zero-order chi connectivity index (χ0) is 15.2. The first-order valence-corrected chi connectivity index (χ1v) is 6.38. The number of anilines is 1. The zero-order valence-corrected chi connectivity index (χ0v) is 11.5. The van der Waals surface area contributed by atoms with E-state index in [0.29, 0.717) is 17.8 Å². The maximum absolute atomic E-state index is 11.9. The van der Waals surface area contributed by atoms with Gasteiger partial charge in [0, 0.05) is 31.4 Å². The van der Waals surface area contributed by atoms with Crippen molar-refractivity contribution in [1.82, 2.24) is 10.3 Å². The van der Waals surface area contributed by atoms with Crippen molar-refractivity contribution in [2.24, 2.45) is 0 Å². The minimum atomic E-state index is -0.281. The molecule has 2 rings (SSSR count). The summed E-state index contributed by atoms with van der Waals surface area (Å²) in [6, 6.07) is 9.96. The fourth-order valence-corrected chi connectivity index (χ4v) is 1.80. The highest BCUT2D eigenvalue weighted by Crippen LogP contribution is 2.10. The second kappa shape index (κ2) is 6.51. The summed E-state index contributed by atoms with van der Waals surface area (Å²) in [6.07, 6.45) is 1.37. The van der Waals surface area contributed by atoms with Crippen LogP contribution in [0, 0.1) is 0 Å². The van der Waals surface area contributed by atoms with E-state index >= 15 is 0 Å². The molecule has 0 fully saturated rings. The largest absolute Gasteiger partial charge is 0.348 e. The SMILES string of the molecule is CC(=O)Nc1cccc(CNC(=O)c2ccc(=O)[nH]c2)c1. The highest BCUT2D eigenvalue weighted by Gasteiger charge is 2.05. The maximum Gasteiger partial charge on any atom is 0.253 e. The van der Waals surface area contributed by atoms with E-state index < -0.39 is 0 Å². The van der Waals surface area contributed by atoms with Crippen LogP contribution in [-0.4, -0.2) is 16.8 Å². The molecule has 0 atom stereocenters. The highest BCUT2D eigenvalue weighted by molar-refractivity contribution is 5.93. The fraction of sp³-hybridized carbons (Fsp3) is 0.133. The average molecular weight is 285 g/mol. The van der Waals surface area contributed by atoms with Crippen LogP contribution in [0.1, 0.15) is 22.8 Å². The smallest absolute Gasteiger partial charge is 0.253 e. The molecule has 0 bridgehead atoms. The van der Waals surface area contributed by atoms with Crippen LogP contribution in [0.15, 0.2) is 47.4 Å². The van der Waals surface area contributed by atoms with E-state index in [-0.39, 0.29) is 17.4 Å². The number of rotatable bonds is 4. The molecule has 0 spiro atoms. The summed E-state index contributed by atoms with van der Waals surface area (Å²) in [5, 5.41) is 5.42. The predicted octanol–water partition coefficient (Wildman–Crippen LogP) is 1.26. The van der Waals surface area contributed by atoms with Gasteiger partial charge in [-0.1, -0.05) is 12.1 Å². The number of pyridine rings is 1. The lowest BCUT2D eigenvalue weighted by Crippen LogP contribution is -2.23. The standard InChI is InChI=1S/C15H15N3O3/c1-10(19)18-13-4-2-3-11(7-13)8-17-15(21)12-5-6-14(20)16-9-12/h2-7,9H,8H2,1H3,(H,16,20)(H,17,21)(H,18,19). The van der Waals surface area contributed by atoms with Gasteiger partial charge >= 0.3 is 0 Å². The number of hydrogen-bond donors (Lipinski definition) is 3. The predicted molar refractivity (Wildman–Crippen MR) is 79.0 cm³/mol. The van der Waals surface area contributed by atoms with E-state index in [1.807, 2.05) is 6.07 Å². The molecule has 0 saturated heterocycles. The van der Waals surface area contributed by atoms with Crippen LogP contribution in [-0.2, 0) is 11.3 Å². The molecule has 108 valence electrons. The molecule has 6 heteroatoms. The van der Waals surface area contributed by atoms with E-state index in [9.17, 15) is 14.4 Å². The second-order valence-electron chi connectivity index (χ2n) is 4.51. The number of benzene rings is 1. The summed E-state index contributed by atoms with van der Waals surface area (Å²) >= 11 is 0. The van der Waals surface area contributed by atoms with Crippen LogP contribution in [0.4, 0.5) is 5.69 Å². The third kappa shape index (κ3) is 4.31. The van der Waals surface area contributed by atoms with Crippen molar-refractivity contribution in [3.05, 3.63) is 64.1 Å². The Kier molecular flexibility index (Phi) is 4.50. The molecule has 1 aromatic heterocycles. The van der Waals surface area contributed by atoms with Crippen LogP contribution in [0.25, 0.3) is 0 Å². The second-order valence-corrected chi connectivity index (χ2v) is 4.51. The van der Waals surface area contributed by atoms with Crippen LogP contribution < -0.4 is 16.2 Å². The van der Waals surface area contributed by atoms with E-state index in [1.54, 1.807) is 18.2 Å². The summed E-state index contributed by atoms with van der Waals surface area (Å²) in [6.45, 7) is 1.76. The molecule has 0 aliphatic carbocycles. The van der Waals surface area contributed by atoms with Crippen LogP contribution in [0.2, 0.25) is 0 Å². The Morgan fingerprint density at radius 2 is 2.00 bits per heavy atom. The van der Waals surface area contributed by atoms with Crippen molar-refractivity contribution in [1.29, 1.82) is 0 Å². The molecule has 6 nitrogen and oxygen atoms in total. The topological polar surface area (TPSA) is 91.1 Å². The number of H-pyrrole nitrogens is 1. The fourth-order valence-electron chi connectivity index (χ4n) is 1.80. The number of aromatic nitrogens is 1. The van der Waals surface area contributed by atoms with Gasteiger partial charge in [-0.15, -0.1) is 0 Å². The maximum atomic E-state index is 11.9. The summed E-state index contributed by atoms with van der Waals surface area (Å²) < 4.78 is 0. The van der Waals surface area contributed by atoms with E-state index in [4.69, 9.17) is 0 Å². The molecular weight excluding hydrogens is 270 g/mol. The lowest BCUT2D eigenvalue weighted by molar-refractivity contribution is -0.114. The van der Waals surface area contributed by atoms with Gasteiger partial charge in [-0.25, -0.2) is 0 Å². The minimum absolute atomic E-state index is 0.149. The zero-order valence-electron chi connectivity index (χ0n) is 11.5. The Hall–Kier alpha value is -2.89. The molecule has 0 saturated carbocycles. The van der Waals surface area contributed by atoms with E-state index in [1.165, 1.54) is 25.3 Å². The summed E-state index contributed by atoms with van der Waals surface area (Å²) in [5.74, 6) is -0.430. The number of hydrogen-bond acceptors (Lipinski definition) is 3. The normalized spacial score (nSPS) is 9.95. The molecule has 0 unspecified atom stereocenters. The Morgan fingerprint density at radius 3 is 2.67 bits per heavy atom. The van der Waals surface area contributed by atoms with Gasteiger partial charge in [0.1, 0.15) is 0 Å². The Labute approximate surface area is 121 Å². The first-order chi connectivity index (χ1) is 10.0. The van der Waals surface area contributed by atoms with Crippen molar-refractivity contribution < 1.29 is 9.59 Å². The monoisotopic (exact) mass is 285 g/mol. The van der Waals surface area contributed by atoms with Crippen molar-refractivity contribution in [3.8, 4) is 0 Å². The molecule has 21 heavy (non-hydrogen) atoms. The highest BCUT2D eigenvalue weighted by atomic mass is 16.2. The van der Waals surface area contributed by atoms with Gasteiger partial charge in [0.2, 0.25) is 11.5 Å². The van der Waals surface area contributed by atoms with Gasteiger partial charge in [-0.05, 0) is 23.8 Å². The van der Waals surface area contributed by atoms with Crippen LogP contribution in [0.3, 0.4) is 0 Å². The number of carbonyl (C=O) groups excluding carboxylic acids is 2. The molecule has 1 aromatic carbocycles. The van der Waals surface area contributed by atoms with Crippen LogP contribution in [0.5, 0.6) is 0 Å². The summed E-state index contributed by atoms with van der Waals surface area (Å²) in [5.41, 5.74) is 1.67. The van der Waals surface area contributed by atoms with E-state index in [2.05, 4.69) is 15.6 Å². The molecule has 0 radical (unpaired) electrons. The minimum Gasteiger partial charge on any atom is -0.348 e. The quantitative estimate of drug-likeness (QED) is 0.790. The number of aromatic amines is 1. The molecule has 3 N–H and O–H groups in total. The third-order valence-corrected chi connectivity index (χ3v) is 2.75. The Bertz CT molecular complexity index is 702. The Morgan fingerprint density at radius 1 is 1.19 bits per heavy atom. The lowest BCUT2D eigenvalue weighted by atomic mass is 10.2. The molecule has 0 aliphatic rings. The number of amides is 2. The molecule has 2 amide bonds. The van der Waals surface area contributed by atoms with Gasteiger partial charge in [-0.2, -0.15) is 0 Å².